The van der Waals surface area contributed by atoms with Crippen molar-refractivity contribution in [3.63, 3.8) is 0 Å². The molecule has 78 valence electrons. The van der Waals surface area contributed by atoms with E-state index in [0.717, 1.165) is 6.54 Å². The van der Waals surface area contributed by atoms with Crippen molar-refractivity contribution in [2.24, 2.45) is 0 Å². The first-order chi connectivity index (χ1) is 6.65. The molecule has 0 atom stereocenters. The van der Waals surface area contributed by atoms with Crippen LogP contribution in [0.3, 0.4) is 0 Å². The Morgan fingerprint density at radius 3 is 2.79 bits per heavy atom. The highest BCUT2D eigenvalue weighted by molar-refractivity contribution is 5.16. The average molecular weight is 196 g/mol. The van der Waals surface area contributed by atoms with Crippen molar-refractivity contribution in [2.75, 3.05) is 27.7 Å². The second-order valence-corrected chi connectivity index (χ2v) is 3.38. The molecule has 0 aromatic carbocycles. The number of methoxy groups -OCH3 is 1. The highest BCUT2D eigenvalue weighted by Crippen LogP contribution is 1.99. The van der Waals surface area contributed by atoms with Crippen LogP contribution in [0.25, 0.3) is 0 Å². The first-order valence-corrected chi connectivity index (χ1v) is 4.53. The van der Waals surface area contributed by atoms with Gasteiger partial charge in [-0.25, -0.2) is 0 Å². The van der Waals surface area contributed by atoms with Gasteiger partial charge in [0.15, 0.2) is 5.75 Å². The third-order valence-corrected chi connectivity index (χ3v) is 1.99. The number of likely N-dealkylation sites (N-methyl/N-ethyl adjacent to an activating group) is 1. The summed E-state index contributed by atoms with van der Waals surface area (Å²) in [7, 11) is 5.46. The van der Waals surface area contributed by atoms with Crippen molar-refractivity contribution in [1.29, 1.82) is 0 Å². The van der Waals surface area contributed by atoms with E-state index in [0.29, 0.717) is 12.3 Å². The Kier molecular flexibility index (Phi) is 3.71. The zero-order valence-corrected chi connectivity index (χ0v) is 8.86. The third-order valence-electron chi connectivity index (χ3n) is 1.99. The quantitative estimate of drug-likeness (QED) is 0.700. The molecule has 0 aliphatic heterocycles. The van der Waals surface area contributed by atoms with Crippen LogP contribution in [0, 0.1) is 0 Å². The van der Waals surface area contributed by atoms with E-state index in [4.69, 9.17) is 4.74 Å². The molecule has 1 aromatic rings. The summed E-state index contributed by atoms with van der Waals surface area (Å²) in [5.41, 5.74) is -0.0724. The normalized spacial score (nSPS) is 10.6. The highest BCUT2D eigenvalue weighted by atomic mass is 16.5. The van der Waals surface area contributed by atoms with Crippen molar-refractivity contribution in [3.05, 3.63) is 28.7 Å². The summed E-state index contributed by atoms with van der Waals surface area (Å²) in [6.07, 6.45) is 1.77. The molecule has 0 saturated heterocycles. The van der Waals surface area contributed by atoms with Gasteiger partial charge in [-0.15, -0.1) is 0 Å². The lowest BCUT2D eigenvalue weighted by molar-refractivity contribution is 0.370. The summed E-state index contributed by atoms with van der Waals surface area (Å²) in [5.74, 6) is 0.395. The Bertz CT molecular complexity index is 344. The van der Waals surface area contributed by atoms with Gasteiger partial charge < -0.3 is 14.2 Å². The molecule has 14 heavy (non-hydrogen) atoms. The van der Waals surface area contributed by atoms with Gasteiger partial charge in [0, 0.05) is 19.3 Å². The van der Waals surface area contributed by atoms with Crippen molar-refractivity contribution < 1.29 is 4.74 Å². The van der Waals surface area contributed by atoms with Crippen molar-refractivity contribution in [1.82, 2.24) is 9.47 Å². The minimum absolute atomic E-state index is 0.0724. The van der Waals surface area contributed by atoms with E-state index in [-0.39, 0.29) is 5.56 Å². The van der Waals surface area contributed by atoms with Crippen LogP contribution in [0.15, 0.2) is 23.1 Å². The second-order valence-electron chi connectivity index (χ2n) is 3.38. The van der Waals surface area contributed by atoms with Crippen LogP contribution in [-0.2, 0) is 6.54 Å². The van der Waals surface area contributed by atoms with Crippen LogP contribution in [0.2, 0.25) is 0 Å². The monoisotopic (exact) mass is 196 g/mol. The standard InChI is InChI=1S/C10H16N2O2/c1-11(2)7-8-12-6-4-5-9(14-3)10(12)13/h4-6H,7-8H2,1-3H3. The molecule has 0 fully saturated rings. The molecule has 0 aliphatic carbocycles. The molecule has 0 amide bonds. The van der Waals surface area contributed by atoms with Gasteiger partial charge in [-0.1, -0.05) is 0 Å². The molecule has 1 rings (SSSR count). The molecular weight excluding hydrogens is 180 g/mol. The molecule has 0 bridgehead atoms. The fourth-order valence-electron chi connectivity index (χ4n) is 1.15. The van der Waals surface area contributed by atoms with Gasteiger partial charge in [0.05, 0.1) is 7.11 Å². The van der Waals surface area contributed by atoms with Crippen LogP contribution >= 0.6 is 0 Å². The zero-order chi connectivity index (χ0) is 10.6. The lowest BCUT2D eigenvalue weighted by Crippen LogP contribution is -2.26. The predicted octanol–water partition coefficient (Wildman–Crippen LogP) is 0.418. The van der Waals surface area contributed by atoms with Gasteiger partial charge in [-0.3, -0.25) is 4.79 Å². The molecule has 1 aromatic heterocycles. The summed E-state index contributed by atoms with van der Waals surface area (Å²) < 4.78 is 6.60. The lowest BCUT2D eigenvalue weighted by Gasteiger charge is -2.11. The summed E-state index contributed by atoms with van der Waals surface area (Å²) in [6.45, 7) is 1.52. The summed E-state index contributed by atoms with van der Waals surface area (Å²) in [6, 6.07) is 3.49. The van der Waals surface area contributed by atoms with Gasteiger partial charge in [0.1, 0.15) is 0 Å². The van der Waals surface area contributed by atoms with E-state index in [9.17, 15) is 4.79 Å². The number of rotatable bonds is 4. The molecular formula is C10H16N2O2. The summed E-state index contributed by atoms with van der Waals surface area (Å²) in [5, 5.41) is 0. The van der Waals surface area contributed by atoms with Crippen LogP contribution in [-0.4, -0.2) is 37.2 Å². The Morgan fingerprint density at radius 2 is 2.21 bits per heavy atom. The van der Waals surface area contributed by atoms with E-state index < -0.39 is 0 Å². The maximum atomic E-state index is 11.6. The van der Waals surface area contributed by atoms with E-state index >= 15 is 0 Å². The van der Waals surface area contributed by atoms with Crippen LogP contribution < -0.4 is 10.3 Å². The van der Waals surface area contributed by atoms with Gasteiger partial charge in [-0.2, -0.15) is 0 Å². The maximum Gasteiger partial charge on any atom is 0.292 e. The number of hydrogen-bond acceptors (Lipinski definition) is 3. The Morgan fingerprint density at radius 1 is 1.50 bits per heavy atom. The van der Waals surface area contributed by atoms with Gasteiger partial charge in [0.2, 0.25) is 0 Å². The number of hydrogen-bond donors (Lipinski definition) is 0. The van der Waals surface area contributed by atoms with Gasteiger partial charge in [-0.05, 0) is 26.2 Å². The number of ether oxygens (including phenoxy) is 1. The minimum Gasteiger partial charge on any atom is -0.491 e. The highest BCUT2D eigenvalue weighted by Gasteiger charge is 2.02. The average Bonchev–Trinajstić information content (AvgIpc) is 2.16. The SMILES string of the molecule is COc1cccn(CCN(C)C)c1=O. The molecule has 0 N–H and O–H groups in total. The number of aromatic nitrogens is 1. The van der Waals surface area contributed by atoms with E-state index in [1.54, 1.807) is 16.8 Å². The third kappa shape index (κ3) is 2.60. The Balaban J connectivity index is 2.82. The van der Waals surface area contributed by atoms with Crippen molar-refractivity contribution in [3.8, 4) is 5.75 Å². The molecule has 0 unspecified atom stereocenters. The van der Waals surface area contributed by atoms with Gasteiger partial charge in [0.25, 0.3) is 5.56 Å². The van der Waals surface area contributed by atoms with E-state index in [1.165, 1.54) is 7.11 Å². The van der Waals surface area contributed by atoms with Crippen molar-refractivity contribution >= 4 is 0 Å². The number of nitrogens with zero attached hydrogens (tertiary/aromatic N) is 2. The zero-order valence-electron chi connectivity index (χ0n) is 8.86. The first kappa shape index (κ1) is 10.8. The van der Waals surface area contributed by atoms with E-state index in [1.807, 2.05) is 25.1 Å². The largest absolute Gasteiger partial charge is 0.491 e. The van der Waals surface area contributed by atoms with Crippen LogP contribution in [0.4, 0.5) is 0 Å². The first-order valence-electron chi connectivity index (χ1n) is 4.53. The molecule has 0 aliphatic rings. The summed E-state index contributed by atoms with van der Waals surface area (Å²) >= 11 is 0. The molecule has 4 heteroatoms. The lowest BCUT2D eigenvalue weighted by atomic mass is 10.4. The van der Waals surface area contributed by atoms with Crippen LogP contribution in [0.5, 0.6) is 5.75 Å². The summed E-state index contributed by atoms with van der Waals surface area (Å²) in [4.78, 5) is 13.7. The minimum atomic E-state index is -0.0724. The Labute approximate surface area is 83.7 Å². The van der Waals surface area contributed by atoms with Crippen LogP contribution in [0.1, 0.15) is 0 Å². The maximum absolute atomic E-state index is 11.6. The van der Waals surface area contributed by atoms with Gasteiger partial charge >= 0.3 is 0 Å². The predicted molar refractivity (Wildman–Crippen MR) is 55.8 cm³/mol. The molecule has 0 radical (unpaired) electrons. The molecule has 0 saturated carbocycles. The van der Waals surface area contributed by atoms with Crippen molar-refractivity contribution in [2.45, 2.75) is 6.54 Å². The Hall–Kier alpha value is -1.29. The second kappa shape index (κ2) is 4.81. The molecule has 1 heterocycles. The molecule has 0 spiro atoms. The van der Waals surface area contributed by atoms with E-state index in [2.05, 4.69) is 0 Å². The topological polar surface area (TPSA) is 34.5 Å². The number of pyridine rings is 1. The fourth-order valence-corrected chi connectivity index (χ4v) is 1.15. The smallest absolute Gasteiger partial charge is 0.292 e. The molecule has 4 nitrogen and oxygen atoms in total. The fraction of sp³-hybridized carbons (Fsp3) is 0.500.